The number of hydrogen-bond acceptors (Lipinski definition) is 4. The standard InChI is InChI=1S/C16H23N5O2S/c1-19(2)24(22,23)21-9-7-14(12-21)10-13-4-5-15(17-11-13)16-6-8-18-20(16)3/h4-6,8,11,14H,7,9-10,12H2,1-3H3/t14-/m0/s1. The van der Waals surface area contributed by atoms with Crippen LogP contribution in [0.3, 0.4) is 0 Å². The molecule has 8 heteroatoms. The Labute approximate surface area is 143 Å². The van der Waals surface area contributed by atoms with E-state index in [0.717, 1.165) is 29.8 Å². The van der Waals surface area contributed by atoms with E-state index in [1.54, 1.807) is 29.3 Å². The van der Waals surface area contributed by atoms with Gasteiger partial charge in [-0.15, -0.1) is 0 Å². The monoisotopic (exact) mass is 349 g/mol. The van der Waals surface area contributed by atoms with Gasteiger partial charge in [0.15, 0.2) is 0 Å². The fourth-order valence-corrected chi connectivity index (χ4v) is 4.26. The fourth-order valence-electron chi connectivity index (χ4n) is 3.06. The van der Waals surface area contributed by atoms with Crippen molar-refractivity contribution in [2.75, 3.05) is 27.2 Å². The van der Waals surface area contributed by atoms with Crippen LogP contribution in [0.4, 0.5) is 0 Å². The van der Waals surface area contributed by atoms with E-state index in [9.17, 15) is 8.42 Å². The van der Waals surface area contributed by atoms with Crippen LogP contribution in [0, 0.1) is 5.92 Å². The van der Waals surface area contributed by atoms with E-state index >= 15 is 0 Å². The summed E-state index contributed by atoms with van der Waals surface area (Å²) >= 11 is 0. The molecule has 1 atom stereocenters. The lowest BCUT2D eigenvalue weighted by molar-refractivity contribution is 0.409. The van der Waals surface area contributed by atoms with Crippen molar-refractivity contribution < 1.29 is 8.42 Å². The number of aromatic nitrogens is 3. The van der Waals surface area contributed by atoms with Crippen LogP contribution in [-0.4, -0.2) is 59.0 Å². The van der Waals surface area contributed by atoms with Crippen molar-refractivity contribution in [3.8, 4) is 11.4 Å². The van der Waals surface area contributed by atoms with Crippen LogP contribution in [0.1, 0.15) is 12.0 Å². The van der Waals surface area contributed by atoms with E-state index in [0.29, 0.717) is 19.0 Å². The summed E-state index contributed by atoms with van der Waals surface area (Å²) in [4.78, 5) is 4.52. The van der Waals surface area contributed by atoms with Gasteiger partial charge in [-0.3, -0.25) is 9.67 Å². The predicted octanol–water partition coefficient (Wildman–Crippen LogP) is 1.15. The second-order valence-corrected chi connectivity index (χ2v) is 8.54. The molecule has 7 nitrogen and oxygen atoms in total. The molecule has 2 aromatic rings. The van der Waals surface area contributed by atoms with Crippen LogP contribution in [0.15, 0.2) is 30.6 Å². The zero-order chi connectivity index (χ0) is 17.3. The first-order valence-electron chi connectivity index (χ1n) is 7.99. The minimum Gasteiger partial charge on any atom is -0.266 e. The Hall–Kier alpha value is -1.77. The summed E-state index contributed by atoms with van der Waals surface area (Å²) < 4.78 is 29.0. The van der Waals surface area contributed by atoms with Gasteiger partial charge in [-0.05, 0) is 36.5 Å². The summed E-state index contributed by atoms with van der Waals surface area (Å²) in [5, 5.41) is 4.15. The summed E-state index contributed by atoms with van der Waals surface area (Å²) in [7, 11) is 1.74. The highest BCUT2D eigenvalue weighted by Gasteiger charge is 2.32. The number of nitrogens with zero attached hydrogens (tertiary/aromatic N) is 5. The molecule has 0 unspecified atom stereocenters. The maximum absolute atomic E-state index is 12.2. The second-order valence-electron chi connectivity index (χ2n) is 6.40. The normalized spacial score (nSPS) is 19.2. The molecule has 0 bridgehead atoms. The summed E-state index contributed by atoms with van der Waals surface area (Å²) in [5.74, 6) is 0.337. The van der Waals surface area contributed by atoms with Crippen molar-refractivity contribution in [2.24, 2.45) is 13.0 Å². The average Bonchev–Trinajstić information content (AvgIpc) is 3.17. The quantitative estimate of drug-likeness (QED) is 0.812. The van der Waals surface area contributed by atoms with Gasteiger partial charge in [0.1, 0.15) is 0 Å². The average molecular weight is 349 g/mol. The zero-order valence-electron chi connectivity index (χ0n) is 14.3. The third kappa shape index (κ3) is 3.35. The Kier molecular flexibility index (Phi) is 4.71. The molecular weight excluding hydrogens is 326 g/mol. The molecular formula is C16H23N5O2S. The van der Waals surface area contributed by atoms with Gasteiger partial charge in [-0.2, -0.15) is 22.1 Å². The van der Waals surface area contributed by atoms with Gasteiger partial charge in [0.2, 0.25) is 0 Å². The number of hydrogen-bond donors (Lipinski definition) is 0. The van der Waals surface area contributed by atoms with Crippen LogP contribution >= 0.6 is 0 Å². The molecule has 0 spiro atoms. The molecule has 24 heavy (non-hydrogen) atoms. The molecule has 1 fully saturated rings. The van der Waals surface area contributed by atoms with Gasteiger partial charge in [0, 0.05) is 46.6 Å². The second kappa shape index (κ2) is 6.62. The topological polar surface area (TPSA) is 71.3 Å². The molecule has 0 saturated carbocycles. The molecule has 3 rings (SSSR count). The van der Waals surface area contributed by atoms with E-state index < -0.39 is 10.2 Å². The summed E-state index contributed by atoms with van der Waals surface area (Å²) in [6.45, 7) is 1.16. The summed E-state index contributed by atoms with van der Waals surface area (Å²) in [6.07, 6.45) is 5.36. The van der Waals surface area contributed by atoms with Gasteiger partial charge < -0.3 is 0 Å². The summed E-state index contributed by atoms with van der Waals surface area (Å²) in [6, 6.07) is 6.00. The van der Waals surface area contributed by atoms with Crippen LogP contribution < -0.4 is 0 Å². The molecule has 1 aliphatic heterocycles. The van der Waals surface area contributed by atoms with Crippen LogP contribution in [-0.2, 0) is 23.7 Å². The minimum absolute atomic E-state index is 0.337. The van der Waals surface area contributed by atoms with E-state index in [4.69, 9.17) is 0 Å². The molecule has 1 aliphatic rings. The third-order valence-corrected chi connectivity index (χ3v) is 6.38. The van der Waals surface area contributed by atoms with Crippen molar-refractivity contribution in [1.82, 2.24) is 23.4 Å². The highest BCUT2D eigenvalue weighted by Crippen LogP contribution is 2.24. The van der Waals surface area contributed by atoms with Gasteiger partial charge in [-0.25, -0.2) is 0 Å². The first-order chi connectivity index (χ1) is 11.4. The van der Waals surface area contributed by atoms with E-state index in [-0.39, 0.29) is 0 Å². The van der Waals surface area contributed by atoms with Gasteiger partial charge >= 0.3 is 0 Å². The van der Waals surface area contributed by atoms with Crippen LogP contribution in [0.2, 0.25) is 0 Å². The molecule has 0 aliphatic carbocycles. The number of pyridine rings is 1. The lowest BCUT2D eigenvalue weighted by Gasteiger charge is -2.20. The SMILES string of the molecule is CN(C)S(=O)(=O)N1CC[C@@H](Cc2ccc(-c3ccnn3C)nc2)C1. The van der Waals surface area contributed by atoms with Crippen molar-refractivity contribution in [3.05, 3.63) is 36.2 Å². The Morgan fingerprint density at radius 3 is 2.67 bits per heavy atom. The smallest absolute Gasteiger partial charge is 0.266 e. The molecule has 3 heterocycles. The maximum atomic E-state index is 12.2. The highest BCUT2D eigenvalue weighted by molar-refractivity contribution is 7.86. The predicted molar refractivity (Wildman–Crippen MR) is 92.4 cm³/mol. The number of rotatable bonds is 5. The molecule has 2 aromatic heterocycles. The molecule has 0 N–H and O–H groups in total. The highest BCUT2D eigenvalue weighted by atomic mass is 32.2. The van der Waals surface area contributed by atoms with Gasteiger partial charge in [0.05, 0.1) is 11.4 Å². The third-order valence-electron chi connectivity index (χ3n) is 4.47. The molecule has 1 saturated heterocycles. The first kappa shape index (κ1) is 17.1. The zero-order valence-corrected chi connectivity index (χ0v) is 15.1. The Balaban J connectivity index is 1.65. The molecule has 0 aromatic carbocycles. The Morgan fingerprint density at radius 1 is 1.29 bits per heavy atom. The fraction of sp³-hybridized carbons (Fsp3) is 0.500. The lowest BCUT2D eigenvalue weighted by atomic mass is 10.00. The van der Waals surface area contributed by atoms with Crippen molar-refractivity contribution in [2.45, 2.75) is 12.8 Å². The molecule has 130 valence electrons. The largest absolute Gasteiger partial charge is 0.281 e. The first-order valence-corrected chi connectivity index (χ1v) is 9.38. The van der Waals surface area contributed by atoms with Crippen LogP contribution in [0.5, 0.6) is 0 Å². The molecule has 0 amide bonds. The van der Waals surface area contributed by atoms with E-state index in [2.05, 4.69) is 16.1 Å². The van der Waals surface area contributed by atoms with Gasteiger partial charge in [0.25, 0.3) is 10.2 Å². The van der Waals surface area contributed by atoms with E-state index in [1.807, 2.05) is 25.4 Å². The van der Waals surface area contributed by atoms with Crippen molar-refractivity contribution in [3.63, 3.8) is 0 Å². The van der Waals surface area contributed by atoms with Crippen molar-refractivity contribution in [1.29, 1.82) is 0 Å². The number of aryl methyl sites for hydroxylation is 1. The molecule has 0 radical (unpaired) electrons. The van der Waals surface area contributed by atoms with E-state index in [1.165, 1.54) is 4.31 Å². The van der Waals surface area contributed by atoms with Gasteiger partial charge in [-0.1, -0.05) is 6.07 Å². The Morgan fingerprint density at radius 2 is 2.08 bits per heavy atom. The Bertz CT molecular complexity index is 798. The minimum atomic E-state index is -3.30. The van der Waals surface area contributed by atoms with Crippen molar-refractivity contribution >= 4 is 10.2 Å². The maximum Gasteiger partial charge on any atom is 0.281 e. The summed E-state index contributed by atoms with van der Waals surface area (Å²) in [5.41, 5.74) is 3.00. The van der Waals surface area contributed by atoms with Crippen LogP contribution in [0.25, 0.3) is 11.4 Å². The lowest BCUT2D eigenvalue weighted by Crippen LogP contribution is -2.38.